The number of amides is 1. The molecular formula is C54H80N4O11. The van der Waals surface area contributed by atoms with E-state index in [4.69, 9.17) is 15.2 Å². The first-order valence-electron chi connectivity index (χ1n) is 26.7. The number of carboxylic acid groups (broad SMARTS) is 1. The first-order chi connectivity index (χ1) is 32.8. The third-order valence-corrected chi connectivity index (χ3v) is 23.3. The molecule has 3 heterocycles. The molecule has 11 N–H and O–H groups in total. The number of aliphatic hydroxyl groups is 6. The molecule has 382 valence electrons. The summed E-state index contributed by atoms with van der Waals surface area (Å²) in [4.78, 5) is 36.6. The highest BCUT2D eigenvalue weighted by atomic mass is 16.7. The Morgan fingerprint density at radius 2 is 1.71 bits per heavy atom. The van der Waals surface area contributed by atoms with Gasteiger partial charge in [0.2, 0.25) is 5.91 Å². The topological polar surface area (TPSA) is 261 Å². The van der Waals surface area contributed by atoms with Crippen LogP contribution in [0.15, 0.2) is 35.8 Å². The van der Waals surface area contributed by atoms with Crippen molar-refractivity contribution in [3.8, 4) is 0 Å². The molecule has 15 heteroatoms. The maximum Gasteiger partial charge on any atom is 0.310 e. The Hall–Kier alpha value is -2.73. The number of aromatic nitrogens is 2. The SMILES string of the molecule is CC1(CO)CCC2(C(=O)O)CCC34CCC5=CC(C6C(C(CCCN)c7cnc[nH]7)NC(=O)C67CCCC7)C6C(O)C(OC7OCC(O)C(O)C7O)C(C)(CO)C7CCC3(C)C5(CC=C4C2C1)C67C. The quantitative estimate of drug-likeness (QED) is 0.109. The van der Waals surface area contributed by atoms with E-state index < -0.39 is 81.2 Å². The van der Waals surface area contributed by atoms with Crippen molar-refractivity contribution >= 4 is 11.9 Å². The summed E-state index contributed by atoms with van der Waals surface area (Å²) >= 11 is 0. The van der Waals surface area contributed by atoms with E-state index in [9.17, 15) is 40.5 Å². The third kappa shape index (κ3) is 6.02. The summed E-state index contributed by atoms with van der Waals surface area (Å²) in [5.74, 6) is -2.39. The molecule has 10 aliphatic rings. The molecule has 1 aromatic rings. The molecule has 0 aromatic carbocycles. The van der Waals surface area contributed by atoms with Crippen LogP contribution in [0.3, 0.4) is 0 Å². The van der Waals surface area contributed by atoms with Gasteiger partial charge in [0.1, 0.15) is 18.3 Å². The number of aliphatic carboxylic acids is 1. The van der Waals surface area contributed by atoms with Gasteiger partial charge in [0.05, 0.1) is 42.6 Å². The minimum Gasteiger partial charge on any atom is -0.481 e. The fraction of sp³-hybridized carbons (Fsp3) is 0.833. The number of nitrogens with zero attached hydrogens (tertiary/aromatic N) is 1. The lowest BCUT2D eigenvalue weighted by molar-refractivity contribution is -0.358. The van der Waals surface area contributed by atoms with Gasteiger partial charge in [0.25, 0.3) is 0 Å². The van der Waals surface area contributed by atoms with Gasteiger partial charge in [0.15, 0.2) is 6.29 Å². The van der Waals surface area contributed by atoms with Crippen LogP contribution in [0.1, 0.15) is 142 Å². The van der Waals surface area contributed by atoms with E-state index >= 15 is 4.79 Å². The van der Waals surface area contributed by atoms with Crippen LogP contribution >= 0.6 is 0 Å². The van der Waals surface area contributed by atoms with Gasteiger partial charge in [-0.2, -0.15) is 0 Å². The highest BCUT2D eigenvalue weighted by molar-refractivity contribution is 5.86. The number of hydrogen-bond donors (Lipinski definition) is 10. The van der Waals surface area contributed by atoms with Gasteiger partial charge in [-0.05, 0) is 136 Å². The predicted octanol–water partition coefficient (Wildman–Crippen LogP) is 4.46. The number of nitrogens with one attached hydrogen (secondary N) is 2. The lowest BCUT2D eigenvalue weighted by Gasteiger charge is -2.82. The van der Waals surface area contributed by atoms with Crippen LogP contribution in [-0.4, -0.2) is 127 Å². The second-order valence-corrected chi connectivity index (χ2v) is 25.4. The van der Waals surface area contributed by atoms with Gasteiger partial charge < -0.3 is 61.3 Å². The van der Waals surface area contributed by atoms with Crippen molar-refractivity contribution in [1.29, 1.82) is 0 Å². The van der Waals surface area contributed by atoms with E-state index in [2.05, 4.69) is 48.2 Å². The molecule has 1 aromatic heterocycles. The summed E-state index contributed by atoms with van der Waals surface area (Å²) in [5.41, 5.74) is 4.72. The highest BCUT2D eigenvalue weighted by Gasteiger charge is 2.83. The van der Waals surface area contributed by atoms with Crippen molar-refractivity contribution in [3.05, 3.63) is 41.5 Å². The second kappa shape index (κ2) is 16.4. The largest absolute Gasteiger partial charge is 0.481 e. The number of ether oxygens (including phenoxy) is 2. The van der Waals surface area contributed by atoms with Crippen LogP contribution < -0.4 is 11.1 Å². The van der Waals surface area contributed by atoms with Gasteiger partial charge in [0, 0.05) is 53.1 Å². The summed E-state index contributed by atoms with van der Waals surface area (Å²) in [6.07, 6.45) is 12.0. The van der Waals surface area contributed by atoms with Crippen LogP contribution in [0.4, 0.5) is 0 Å². The molecule has 3 spiro atoms. The number of rotatable bonds is 11. The molecule has 8 fully saturated rings. The average molecular weight is 961 g/mol. The maximum absolute atomic E-state index is 15.1. The first-order valence-corrected chi connectivity index (χ1v) is 26.7. The Labute approximate surface area is 406 Å². The van der Waals surface area contributed by atoms with E-state index in [1.165, 1.54) is 11.1 Å². The van der Waals surface area contributed by atoms with Crippen LogP contribution in [0.25, 0.3) is 0 Å². The molecule has 11 rings (SSSR count). The van der Waals surface area contributed by atoms with Crippen molar-refractivity contribution in [2.24, 2.45) is 78.6 Å². The minimum atomic E-state index is -1.61. The van der Waals surface area contributed by atoms with Gasteiger partial charge in [-0.15, -0.1) is 0 Å². The molecule has 15 nitrogen and oxygen atoms in total. The molecule has 2 bridgehead atoms. The van der Waals surface area contributed by atoms with Crippen molar-refractivity contribution in [2.45, 2.75) is 179 Å². The summed E-state index contributed by atoms with van der Waals surface area (Å²) in [6, 6.07) is -0.323. The van der Waals surface area contributed by atoms with E-state index in [0.717, 1.165) is 69.9 Å². The zero-order chi connectivity index (χ0) is 48.9. The number of carbonyl (C=O) groups is 2. The fourth-order valence-corrected chi connectivity index (χ4v) is 20.1. The molecule has 2 aliphatic heterocycles. The van der Waals surface area contributed by atoms with E-state index in [-0.39, 0.29) is 72.2 Å². The summed E-state index contributed by atoms with van der Waals surface area (Å²) < 4.78 is 12.8. The zero-order valence-electron chi connectivity index (χ0n) is 41.2. The van der Waals surface area contributed by atoms with Crippen molar-refractivity contribution in [2.75, 3.05) is 26.4 Å². The van der Waals surface area contributed by atoms with E-state index in [1.54, 1.807) is 6.33 Å². The number of imidazole rings is 1. The number of H-pyrrole nitrogens is 1. The summed E-state index contributed by atoms with van der Waals surface area (Å²) in [5, 5.41) is 84.4. The number of allylic oxidation sites excluding steroid dienone is 4. The van der Waals surface area contributed by atoms with Crippen LogP contribution in [0.5, 0.6) is 0 Å². The molecule has 8 aliphatic carbocycles. The van der Waals surface area contributed by atoms with Gasteiger partial charge in [-0.1, -0.05) is 63.8 Å². The molecule has 0 radical (unpaired) electrons. The van der Waals surface area contributed by atoms with Crippen molar-refractivity contribution in [3.63, 3.8) is 0 Å². The van der Waals surface area contributed by atoms with Crippen molar-refractivity contribution < 1.29 is 54.8 Å². The Morgan fingerprint density at radius 1 is 0.957 bits per heavy atom. The lowest BCUT2D eigenvalue weighted by atomic mass is 9.21. The molecule has 20 unspecified atom stereocenters. The standard InChI is InChI=1S/C54H80N4O11/c1-47(26-59)17-18-51(46(66)67)19-20-53-15-9-29-22-31(37-39(58-45(65)52(37)12-5-6-13-52)30(8-7-21-55)34-24-56-28-57-34)38-41(63)43(69-44-42(64)40(62)35(61)25-68-44)48(2,27-60)36-11-14-49(53,3)54(29,50(36,38)4)16-10-32(53)33(51)23-47/h10,22,24,28,30-31,33,35-44,59-64H,5-9,11-21,23,25-27,55H2,1-4H3,(H,56,57)(H,58,65)(H,66,67). The molecular weight excluding hydrogens is 881 g/mol. The van der Waals surface area contributed by atoms with Gasteiger partial charge in [-0.3, -0.25) is 9.59 Å². The molecule has 1 amide bonds. The minimum absolute atomic E-state index is 0.00812. The van der Waals surface area contributed by atoms with Crippen molar-refractivity contribution in [1.82, 2.24) is 15.3 Å². The first kappa shape index (κ1) is 48.5. The highest BCUT2D eigenvalue weighted by Crippen LogP contribution is 2.87. The second-order valence-electron chi connectivity index (χ2n) is 25.4. The molecule has 69 heavy (non-hydrogen) atoms. The predicted molar refractivity (Wildman–Crippen MR) is 252 cm³/mol. The Bertz CT molecular complexity index is 2250. The number of carbonyl (C=O) groups excluding carboxylic acids is 1. The Kier molecular flexibility index (Phi) is 11.5. The number of hydrogen-bond acceptors (Lipinski definition) is 12. The molecule has 6 saturated carbocycles. The average Bonchev–Trinajstić information content (AvgIpc) is 4.10. The number of nitrogens with two attached hydrogens (primary N) is 1. The molecule has 2 saturated heterocycles. The Morgan fingerprint density at radius 3 is 2.39 bits per heavy atom. The maximum atomic E-state index is 15.1. The Balaban J connectivity index is 1.14. The number of aromatic amines is 1. The lowest BCUT2D eigenvalue weighted by Crippen LogP contribution is -2.79. The number of aliphatic hydroxyl groups excluding tert-OH is 6. The van der Waals surface area contributed by atoms with Gasteiger partial charge in [-0.25, -0.2) is 4.98 Å². The van der Waals surface area contributed by atoms with Gasteiger partial charge >= 0.3 is 5.97 Å². The summed E-state index contributed by atoms with van der Waals surface area (Å²) in [6.45, 7) is 8.88. The normalized spacial score (nSPS) is 50.9. The van der Waals surface area contributed by atoms with E-state index in [0.29, 0.717) is 45.1 Å². The number of carboxylic acids is 1. The third-order valence-electron chi connectivity index (χ3n) is 23.3. The number of fused-ring (bicyclic) bond motifs is 2. The van der Waals surface area contributed by atoms with Crippen LogP contribution in [-0.2, 0) is 19.1 Å². The summed E-state index contributed by atoms with van der Waals surface area (Å²) in [7, 11) is 0. The monoisotopic (exact) mass is 961 g/mol. The fourth-order valence-electron chi connectivity index (χ4n) is 20.1. The smallest absolute Gasteiger partial charge is 0.310 e. The zero-order valence-corrected chi connectivity index (χ0v) is 41.2. The van der Waals surface area contributed by atoms with E-state index in [1.807, 2.05) is 13.1 Å². The van der Waals surface area contributed by atoms with Crippen LogP contribution in [0, 0.1) is 72.9 Å². The van der Waals surface area contributed by atoms with Crippen LogP contribution in [0.2, 0.25) is 0 Å². The molecule has 20 atom stereocenters.